The fourth-order valence-corrected chi connectivity index (χ4v) is 5.38. The molecule has 10 heteroatoms. The quantitative estimate of drug-likeness (QED) is 0.304. The number of hydrogen-bond acceptors (Lipinski definition) is 2. The Balaban J connectivity index is 2.88. The Morgan fingerprint density at radius 1 is 1.21 bits per heavy atom. The van der Waals surface area contributed by atoms with Gasteiger partial charge in [0.25, 0.3) is 0 Å². The average molecular weight is 432 g/mol. The maximum atomic E-state index is 13.4. The van der Waals surface area contributed by atoms with Crippen molar-refractivity contribution < 1.29 is 4.57 Å². The van der Waals surface area contributed by atoms with Crippen LogP contribution in [0.2, 0.25) is 5.02 Å². The van der Waals surface area contributed by atoms with Gasteiger partial charge in [0, 0.05) is 41.6 Å². The first-order valence-corrected chi connectivity index (χ1v) is 10.9. The molecule has 0 spiro atoms. The van der Waals surface area contributed by atoms with Crippen molar-refractivity contribution in [2.45, 2.75) is 19.9 Å². The van der Waals surface area contributed by atoms with Gasteiger partial charge in [0.1, 0.15) is 0 Å². The zero-order valence-electron chi connectivity index (χ0n) is 13.6. The number of anilines is 1. The van der Waals surface area contributed by atoms with Crippen molar-refractivity contribution >= 4 is 65.4 Å². The molecule has 1 aromatic carbocycles. The number of thiocarbonyl (C=S) groups is 1. The number of halogens is 3. The lowest BCUT2D eigenvalue weighted by molar-refractivity contribution is 0.425. The molecule has 0 aromatic heterocycles. The van der Waals surface area contributed by atoms with Gasteiger partial charge in [-0.2, -0.15) is 0 Å². The zero-order valence-corrected chi connectivity index (χ0v) is 17.5. The molecule has 0 fully saturated rings. The number of nitrogens with one attached hydrogen (secondary N) is 3. The third-order valence-electron chi connectivity index (χ3n) is 2.87. The minimum absolute atomic E-state index is 0.0187. The monoisotopic (exact) mass is 430 g/mol. The van der Waals surface area contributed by atoms with E-state index in [1.54, 1.807) is 28.9 Å². The van der Waals surface area contributed by atoms with Crippen molar-refractivity contribution in [3.05, 3.63) is 29.3 Å². The summed E-state index contributed by atoms with van der Waals surface area (Å²) < 4.78 is 15.1. The molecule has 0 radical (unpaired) electrons. The summed E-state index contributed by atoms with van der Waals surface area (Å²) >= 11 is 22.8. The van der Waals surface area contributed by atoms with Gasteiger partial charge < -0.3 is 5.32 Å². The van der Waals surface area contributed by atoms with E-state index in [0.29, 0.717) is 29.9 Å². The largest absolute Gasteiger partial charge is 0.332 e. The molecule has 136 valence electrons. The van der Waals surface area contributed by atoms with Crippen LogP contribution in [0.25, 0.3) is 0 Å². The summed E-state index contributed by atoms with van der Waals surface area (Å²) in [6, 6.07) is 7.03. The summed E-state index contributed by atoms with van der Waals surface area (Å²) in [4.78, 5) is 0. The standard InChI is InChI=1S/C14H22Cl3N4OPS/c1-11(2)19-23(22,21(9-7-15)10-8-16)20-14(24)18-13-5-3-12(17)4-6-13/h3-6,11H,7-10H2,1-2H3,(H3,18,19,20,22,24). The van der Waals surface area contributed by atoms with Crippen molar-refractivity contribution in [3.8, 4) is 0 Å². The third kappa shape index (κ3) is 7.44. The molecule has 0 amide bonds. The van der Waals surface area contributed by atoms with E-state index < -0.39 is 7.59 Å². The average Bonchev–Trinajstić information content (AvgIpc) is 2.48. The van der Waals surface area contributed by atoms with Crippen LogP contribution >= 0.6 is 54.6 Å². The normalized spacial score (nSPS) is 13.8. The van der Waals surface area contributed by atoms with Gasteiger partial charge in [-0.3, -0.25) is 9.65 Å². The Labute approximate surface area is 163 Å². The van der Waals surface area contributed by atoms with E-state index >= 15 is 0 Å². The lowest BCUT2D eigenvalue weighted by Gasteiger charge is -2.33. The Bertz CT molecular complexity index is 568. The first kappa shape index (κ1) is 22.0. The zero-order chi connectivity index (χ0) is 18.2. The molecular weight excluding hydrogens is 410 g/mol. The predicted molar refractivity (Wildman–Crippen MR) is 110 cm³/mol. The highest BCUT2D eigenvalue weighted by molar-refractivity contribution is 7.81. The van der Waals surface area contributed by atoms with Gasteiger partial charge in [-0.05, 0) is 50.3 Å². The second kappa shape index (κ2) is 10.8. The van der Waals surface area contributed by atoms with Crippen LogP contribution in [0.4, 0.5) is 5.69 Å². The smallest absolute Gasteiger partial charge is 0.308 e. The molecule has 24 heavy (non-hydrogen) atoms. The molecule has 0 aliphatic heterocycles. The summed E-state index contributed by atoms with van der Waals surface area (Å²) in [7, 11) is -3.19. The fraction of sp³-hybridized carbons (Fsp3) is 0.500. The SMILES string of the molecule is CC(C)NP(=O)(NC(=S)Nc1ccc(Cl)cc1)N(CCCl)CCCl. The first-order valence-electron chi connectivity index (χ1n) is 7.40. The van der Waals surface area contributed by atoms with Crippen LogP contribution in [0.3, 0.4) is 0 Å². The number of hydrogen-bond donors (Lipinski definition) is 3. The second-order valence-corrected chi connectivity index (χ2v) is 9.06. The van der Waals surface area contributed by atoms with Crippen molar-refractivity contribution in [1.29, 1.82) is 0 Å². The topological polar surface area (TPSA) is 56.4 Å². The fourth-order valence-electron chi connectivity index (χ4n) is 1.95. The van der Waals surface area contributed by atoms with E-state index in [2.05, 4.69) is 15.5 Å². The minimum atomic E-state index is -3.19. The Morgan fingerprint density at radius 3 is 2.21 bits per heavy atom. The van der Waals surface area contributed by atoms with E-state index in [4.69, 9.17) is 47.0 Å². The molecule has 0 saturated carbocycles. The van der Waals surface area contributed by atoms with Crippen molar-refractivity contribution in [2.75, 3.05) is 30.2 Å². The molecule has 5 nitrogen and oxygen atoms in total. The van der Waals surface area contributed by atoms with Crippen LogP contribution in [0.1, 0.15) is 13.8 Å². The number of alkyl halides is 2. The van der Waals surface area contributed by atoms with Crippen LogP contribution in [-0.4, -0.2) is 40.7 Å². The highest BCUT2D eigenvalue weighted by Gasteiger charge is 2.31. The first-order chi connectivity index (χ1) is 11.3. The molecule has 1 atom stereocenters. The van der Waals surface area contributed by atoms with E-state index in [9.17, 15) is 4.57 Å². The summed E-state index contributed by atoms with van der Waals surface area (Å²) in [5.41, 5.74) is 0.745. The molecule has 0 saturated heterocycles. The maximum absolute atomic E-state index is 13.4. The lowest BCUT2D eigenvalue weighted by Crippen LogP contribution is -2.43. The lowest BCUT2D eigenvalue weighted by atomic mass is 10.3. The maximum Gasteiger partial charge on any atom is 0.308 e. The van der Waals surface area contributed by atoms with Crippen LogP contribution in [0.15, 0.2) is 24.3 Å². The number of nitrogens with zero attached hydrogens (tertiary/aromatic N) is 1. The molecule has 0 aliphatic carbocycles. The molecule has 1 rings (SSSR count). The van der Waals surface area contributed by atoms with Gasteiger partial charge in [0.05, 0.1) is 0 Å². The third-order valence-corrected chi connectivity index (χ3v) is 6.41. The second-order valence-electron chi connectivity index (χ2n) is 5.26. The van der Waals surface area contributed by atoms with E-state index in [0.717, 1.165) is 5.69 Å². The molecule has 0 heterocycles. The van der Waals surface area contributed by atoms with E-state index in [1.807, 2.05) is 13.8 Å². The van der Waals surface area contributed by atoms with Crippen molar-refractivity contribution in [3.63, 3.8) is 0 Å². The van der Waals surface area contributed by atoms with Gasteiger partial charge in [0.2, 0.25) is 0 Å². The summed E-state index contributed by atoms with van der Waals surface area (Å²) in [6.45, 7) is 4.65. The van der Waals surface area contributed by atoms with Gasteiger partial charge in [-0.25, -0.2) is 9.76 Å². The molecule has 0 aliphatic rings. The molecule has 3 N–H and O–H groups in total. The van der Waals surface area contributed by atoms with Gasteiger partial charge in [-0.1, -0.05) is 11.6 Å². The Morgan fingerprint density at radius 2 is 1.75 bits per heavy atom. The van der Waals surface area contributed by atoms with Crippen LogP contribution < -0.4 is 15.5 Å². The highest BCUT2D eigenvalue weighted by atomic mass is 35.5. The van der Waals surface area contributed by atoms with Crippen LogP contribution in [-0.2, 0) is 4.57 Å². The summed E-state index contributed by atoms with van der Waals surface area (Å²) in [6.07, 6.45) is 0. The molecule has 1 aromatic rings. The van der Waals surface area contributed by atoms with Crippen LogP contribution in [0.5, 0.6) is 0 Å². The van der Waals surface area contributed by atoms with Crippen LogP contribution in [0, 0.1) is 0 Å². The van der Waals surface area contributed by atoms with Crippen molar-refractivity contribution in [2.24, 2.45) is 0 Å². The molecular formula is C14H22Cl3N4OPS. The molecule has 0 bridgehead atoms. The Hall–Kier alpha value is -0.0700. The van der Waals surface area contributed by atoms with E-state index in [-0.39, 0.29) is 11.2 Å². The number of rotatable bonds is 9. The van der Waals surface area contributed by atoms with Gasteiger partial charge in [0.15, 0.2) is 5.11 Å². The summed E-state index contributed by atoms with van der Waals surface area (Å²) in [5.74, 6) is 0.666. The summed E-state index contributed by atoms with van der Waals surface area (Å²) in [5, 5.41) is 9.81. The predicted octanol–water partition coefficient (Wildman–Crippen LogP) is 4.51. The number of benzene rings is 1. The Kier molecular flexibility index (Phi) is 9.90. The highest BCUT2D eigenvalue weighted by Crippen LogP contribution is 2.41. The van der Waals surface area contributed by atoms with E-state index in [1.165, 1.54) is 0 Å². The molecule has 1 unspecified atom stereocenters. The minimum Gasteiger partial charge on any atom is -0.332 e. The van der Waals surface area contributed by atoms with Gasteiger partial charge in [-0.15, -0.1) is 23.2 Å². The van der Waals surface area contributed by atoms with Crippen molar-refractivity contribution in [1.82, 2.24) is 14.8 Å². The van der Waals surface area contributed by atoms with Gasteiger partial charge >= 0.3 is 7.59 Å².